The zero-order valence-corrected chi connectivity index (χ0v) is 20.2. The molecule has 188 valence electrons. The molecule has 1 fully saturated rings. The van der Waals surface area contributed by atoms with Gasteiger partial charge in [0.25, 0.3) is 0 Å². The average molecular weight is 516 g/mol. The molecule has 2 N–H and O–H groups in total. The highest BCUT2D eigenvalue weighted by molar-refractivity contribution is 6.30. The first-order valence-corrected chi connectivity index (χ1v) is 11.3. The SMILES string of the molecule is COC(=O)c1ccnn1-c1ccc(NC(=O)C2CC(OC)CN2C(=O)Nc2ccc(Cl)cc2)c(F)c1. The second-order valence-electron chi connectivity index (χ2n) is 7.97. The summed E-state index contributed by atoms with van der Waals surface area (Å²) in [5, 5.41) is 9.82. The lowest BCUT2D eigenvalue weighted by Gasteiger charge is -2.24. The fourth-order valence-corrected chi connectivity index (χ4v) is 4.02. The Kier molecular flexibility index (Phi) is 7.51. The quantitative estimate of drug-likeness (QED) is 0.484. The number of aromatic nitrogens is 2. The molecule has 0 saturated carbocycles. The van der Waals surface area contributed by atoms with Crippen LogP contribution in [0.3, 0.4) is 0 Å². The second kappa shape index (κ2) is 10.8. The van der Waals surface area contributed by atoms with Crippen LogP contribution in [-0.4, -0.2) is 65.5 Å². The van der Waals surface area contributed by atoms with Gasteiger partial charge in [0.15, 0.2) is 5.69 Å². The smallest absolute Gasteiger partial charge is 0.356 e. The monoisotopic (exact) mass is 515 g/mol. The van der Waals surface area contributed by atoms with E-state index in [1.165, 1.54) is 48.2 Å². The maximum Gasteiger partial charge on any atom is 0.356 e. The minimum Gasteiger partial charge on any atom is -0.464 e. The van der Waals surface area contributed by atoms with Crippen molar-refractivity contribution in [2.75, 3.05) is 31.4 Å². The summed E-state index contributed by atoms with van der Waals surface area (Å²) in [7, 11) is 2.73. The number of likely N-dealkylation sites (tertiary alicyclic amines) is 1. The summed E-state index contributed by atoms with van der Waals surface area (Å²) in [6.45, 7) is 0.186. The number of amides is 3. The Morgan fingerprint density at radius 2 is 1.83 bits per heavy atom. The molecule has 10 nitrogen and oxygen atoms in total. The van der Waals surface area contributed by atoms with Crippen molar-refractivity contribution >= 4 is 40.9 Å². The third-order valence-corrected chi connectivity index (χ3v) is 6.00. The predicted molar refractivity (Wildman–Crippen MR) is 130 cm³/mol. The maximum absolute atomic E-state index is 14.9. The lowest BCUT2D eigenvalue weighted by molar-refractivity contribution is -0.119. The average Bonchev–Trinajstić information content (AvgIpc) is 3.54. The van der Waals surface area contributed by atoms with E-state index in [1.807, 2.05) is 0 Å². The Hall–Kier alpha value is -3.96. The molecule has 2 heterocycles. The van der Waals surface area contributed by atoms with Crippen LogP contribution in [0.25, 0.3) is 5.69 Å². The molecule has 0 radical (unpaired) electrons. The summed E-state index contributed by atoms with van der Waals surface area (Å²) in [6.07, 6.45) is 1.27. The summed E-state index contributed by atoms with van der Waals surface area (Å²) in [4.78, 5) is 39.2. The zero-order valence-electron chi connectivity index (χ0n) is 19.4. The van der Waals surface area contributed by atoms with Crippen LogP contribution < -0.4 is 10.6 Å². The van der Waals surface area contributed by atoms with Crippen molar-refractivity contribution in [2.24, 2.45) is 0 Å². The molecule has 0 aliphatic carbocycles. The first kappa shape index (κ1) is 25.1. The predicted octanol–water partition coefficient (Wildman–Crippen LogP) is 3.71. The highest BCUT2D eigenvalue weighted by atomic mass is 35.5. The Morgan fingerprint density at radius 1 is 1.08 bits per heavy atom. The molecule has 4 rings (SSSR count). The molecule has 1 saturated heterocycles. The van der Waals surface area contributed by atoms with Gasteiger partial charge in [0.1, 0.15) is 11.9 Å². The van der Waals surface area contributed by atoms with Crippen molar-refractivity contribution in [2.45, 2.75) is 18.6 Å². The minimum absolute atomic E-state index is 0.0885. The Morgan fingerprint density at radius 3 is 2.50 bits per heavy atom. The van der Waals surface area contributed by atoms with Gasteiger partial charge in [-0.1, -0.05) is 11.6 Å². The third-order valence-electron chi connectivity index (χ3n) is 5.75. The Bertz CT molecular complexity index is 1280. The minimum atomic E-state index is -0.890. The first-order chi connectivity index (χ1) is 17.3. The van der Waals surface area contributed by atoms with Gasteiger partial charge in [-0.3, -0.25) is 4.79 Å². The number of benzene rings is 2. The number of carbonyl (C=O) groups excluding carboxylic acids is 3. The van der Waals surface area contributed by atoms with Crippen LogP contribution in [0.15, 0.2) is 54.7 Å². The fraction of sp³-hybridized carbons (Fsp3) is 0.250. The lowest BCUT2D eigenvalue weighted by atomic mass is 10.1. The van der Waals surface area contributed by atoms with Crippen LogP contribution in [0.5, 0.6) is 0 Å². The van der Waals surface area contributed by atoms with E-state index in [0.717, 1.165) is 6.07 Å². The van der Waals surface area contributed by atoms with Crippen molar-refractivity contribution in [1.82, 2.24) is 14.7 Å². The van der Waals surface area contributed by atoms with Crippen LogP contribution in [-0.2, 0) is 14.3 Å². The van der Waals surface area contributed by atoms with E-state index in [2.05, 4.69) is 15.7 Å². The second-order valence-corrected chi connectivity index (χ2v) is 8.41. The van der Waals surface area contributed by atoms with Crippen molar-refractivity contribution in [1.29, 1.82) is 0 Å². The number of halogens is 2. The van der Waals surface area contributed by atoms with Gasteiger partial charge in [-0.25, -0.2) is 18.7 Å². The van der Waals surface area contributed by atoms with Crippen molar-refractivity contribution in [3.8, 4) is 5.69 Å². The topological polar surface area (TPSA) is 115 Å². The Labute approximate surface area is 210 Å². The van der Waals surface area contributed by atoms with Crippen molar-refractivity contribution in [3.63, 3.8) is 0 Å². The molecule has 1 aliphatic rings. The number of methoxy groups -OCH3 is 2. The summed E-state index contributed by atoms with van der Waals surface area (Å²) < 4.78 is 26.2. The first-order valence-electron chi connectivity index (χ1n) is 10.9. The van der Waals surface area contributed by atoms with Crippen LogP contribution in [0.1, 0.15) is 16.9 Å². The molecule has 36 heavy (non-hydrogen) atoms. The largest absolute Gasteiger partial charge is 0.464 e. The molecule has 0 bridgehead atoms. The molecular formula is C24H23ClFN5O5. The van der Waals surface area contributed by atoms with E-state index in [0.29, 0.717) is 10.7 Å². The molecule has 3 aromatic rings. The standard InChI is InChI=1S/C24H23ClFN5O5/c1-35-17-12-21(30(13-17)24(34)28-15-5-3-14(25)4-6-15)22(32)29-19-8-7-16(11-18(19)26)31-20(9-10-27-31)23(33)36-2/h3-11,17,21H,12-13H2,1-2H3,(H,28,34)(H,29,32). The van der Waals surface area contributed by atoms with Crippen molar-refractivity contribution < 1.29 is 28.2 Å². The Balaban J connectivity index is 1.49. The zero-order chi connectivity index (χ0) is 25.8. The van der Waals surface area contributed by atoms with Crippen molar-refractivity contribution in [3.05, 3.63) is 71.3 Å². The summed E-state index contributed by atoms with van der Waals surface area (Å²) in [5.41, 5.74) is 0.804. The van der Waals surface area contributed by atoms with Gasteiger partial charge in [0.2, 0.25) is 5.91 Å². The van der Waals surface area contributed by atoms with E-state index < -0.39 is 29.8 Å². The van der Waals surface area contributed by atoms with E-state index in [-0.39, 0.29) is 36.1 Å². The van der Waals surface area contributed by atoms with E-state index in [1.54, 1.807) is 24.3 Å². The van der Waals surface area contributed by atoms with Gasteiger partial charge in [-0.2, -0.15) is 5.10 Å². The number of ether oxygens (including phenoxy) is 2. The normalized spacial score (nSPS) is 17.1. The highest BCUT2D eigenvalue weighted by Crippen LogP contribution is 2.25. The van der Waals surface area contributed by atoms with Crippen LogP contribution in [0, 0.1) is 5.82 Å². The summed E-state index contributed by atoms with van der Waals surface area (Å²) >= 11 is 5.89. The van der Waals surface area contributed by atoms with Gasteiger partial charge >= 0.3 is 12.0 Å². The van der Waals surface area contributed by atoms with E-state index in [4.69, 9.17) is 21.1 Å². The summed E-state index contributed by atoms with van der Waals surface area (Å²) in [5.74, 6) is -1.94. The number of urea groups is 1. The molecule has 3 amide bonds. The number of hydrogen-bond donors (Lipinski definition) is 2. The number of nitrogens with one attached hydrogen (secondary N) is 2. The molecule has 12 heteroatoms. The van der Waals surface area contributed by atoms with Crippen LogP contribution in [0.2, 0.25) is 5.02 Å². The van der Waals surface area contributed by atoms with Gasteiger partial charge in [0, 0.05) is 36.9 Å². The van der Waals surface area contributed by atoms with E-state index in [9.17, 15) is 18.8 Å². The van der Waals surface area contributed by atoms with Gasteiger partial charge < -0.3 is 25.0 Å². The number of carbonyl (C=O) groups is 3. The van der Waals surface area contributed by atoms with Gasteiger partial charge in [-0.15, -0.1) is 0 Å². The number of anilines is 2. The molecule has 2 aromatic carbocycles. The number of esters is 1. The molecule has 0 spiro atoms. The number of rotatable bonds is 6. The molecule has 1 aromatic heterocycles. The molecule has 2 atom stereocenters. The maximum atomic E-state index is 14.9. The fourth-order valence-electron chi connectivity index (χ4n) is 3.89. The number of nitrogens with zero attached hydrogens (tertiary/aromatic N) is 3. The van der Waals surface area contributed by atoms with Gasteiger partial charge in [0.05, 0.1) is 30.8 Å². The third kappa shape index (κ3) is 5.31. The highest BCUT2D eigenvalue weighted by Gasteiger charge is 2.40. The number of hydrogen-bond acceptors (Lipinski definition) is 6. The molecule has 2 unspecified atom stereocenters. The molecule has 1 aliphatic heterocycles. The van der Waals surface area contributed by atoms with Crippen LogP contribution in [0.4, 0.5) is 20.6 Å². The van der Waals surface area contributed by atoms with E-state index >= 15 is 0 Å². The summed E-state index contributed by atoms with van der Waals surface area (Å²) in [6, 6.07) is 10.6. The van der Waals surface area contributed by atoms with Crippen LogP contribution >= 0.6 is 11.6 Å². The lowest BCUT2D eigenvalue weighted by Crippen LogP contribution is -2.45. The molecular weight excluding hydrogens is 493 g/mol. The van der Waals surface area contributed by atoms with Gasteiger partial charge in [-0.05, 0) is 42.5 Å².